The number of pyridine rings is 1. The van der Waals surface area contributed by atoms with Crippen molar-refractivity contribution < 1.29 is 33.1 Å². The van der Waals surface area contributed by atoms with Gasteiger partial charge in [0.15, 0.2) is 0 Å². The van der Waals surface area contributed by atoms with Crippen molar-refractivity contribution >= 4 is 46.7 Å². The van der Waals surface area contributed by atoms with Crippen molar-refractivity contribution in [2.75, 3.05) is 13.1 Å². The second-order valence-corrected chi connectivity index (χ2v) is 15.0. The number of nitrogens with zero attached hydrogens (tertiary/aromatic N) is 3. The van der Waals surface area contributed by atoms with Crippen molar-refractivity contribution in [2.24, 2.45) is 11.8 Å². The number of amides is 3. The first-order chi connectivity index (χ1) is 20.6. The number of nitrogens with one attached hydrogen (secondary N) is 1. The van der Waals surface area contributed by atoms with E-state index < -0.39 is 31.5 Å². The van der Waals surface area contributed by atoms with Crippen molar-refractivity contribution in [3.05, 3.63) is 64.8 Å². The molecule has 1 saturated carbocycles. The summed E-state index contributed by atoms with van der Waals surface area (Å²) in [5.41, 5.74) is 0.940. The Kier molecular flexibility index (Phi) is 7.16. The fourth-order valence-corrected chi connectivity index (χ4v) is 8.57. The Morgan fingerprint density at radius 2 is 1.88 bits per heavy atom. The van der Waals surface area contributed by atoms with Crippen molar-refractivity contribution in [3.8, 4) is 0 Å². The zero-order valence-electron chi connectivity index (χ0n) is 23.2. The van der Waals surface area contributed by atoms with Gasteiger partial charge in [-0.1, -0.05) is 12.1 Å². The molecule has 3 saturated heterocycles. The standard InChI is InChI=1S/C30H32FN4O6PS/c31-27(42(39,40)41)16-3-6-25-20(8-16)12-26(43-25)28(36)33-23-11-19-9-18(19)10-22-4-5-24(35(22)29(23)37)30(38)34-14-21(15-34)17-2-1-7-32-13-17/h1-3,6-8,12-13,18-19,21-24,27H,4-5,9-11,14-15H2,(H,33,36)(H2,39,40,41)/t18-,19+,22+,23-,24-,27+/m0/s1. The molecule has 3 amide bonds. The second-order valence-electron chi connectivity index (χ2n) is 12.3. The van der Waals surface area contributed by atoms with E-state index in [0.29, 0.717) is 52.7 Å². The topological polar surface area (TPSA) is 140 Å². The smallest absolute Gasteiger partial charge is 0.340 e. The molecule has 4 aliphatic rings. The average molecular weight is 627 g/mol. The summed E-state index contributed by atoms with van der Waals surface area (Å²) in [6.45, 7) is 1.20. The summed E-state index contributed by atoms with van der Waals surface area (Å²) < 4.78 is 26.3. The summed E-state index contributed by atoms with van der Waals surface area (Å²) in [7, 11) is -4.97. The molecule has 2 aromatic heterocycles. The van der Waals surface area contributed by atoms with Gasteiger partial charge < -0.3 is 24.9 Å². The number of hydrogen-bond donors (Lipinski definition) is 3. The highest BCUT2D eigenvalue weighted by Crippen LogP contribution is 2.53. The number of benzene rings is 1. The van der Waals surface area contributed by atoms with Gasteiger partial charge in [-0.25, -0.2) is 4.39 Å². The first-order valence-corrected chi connectivity index (χ1v) is 17.1. The third-order valence-corrected chi connectivity index (χ3v) is 11.5. The lowest BCUT2D eigenvalue weighted by Gasteiger charge is -2.43. The maximum absolute atomic E-state index is 14.3. The number of halogens is 1. The normalized spacial score (nSPS) is 28.0. The van der Waals surface area contributed by atoms with Gasteiger partial charge in [-0.05, 0) is 84.7 Å². The van der Waals surface area contributed by atoms with Gasteiger partial charge in [-0.15, -0.1) is 11.3 Å². The first kappa shape index (κ1) is 28.6. The van der Waals surface area contributed by atoms with Crippen LogP contribution < -0.4 is 5.32 Å². The van der Waals surface area contributed by atoms with Crippen LogP contribution in [0.1, 0.15) is 64.7 Å². The van der Waals surface area contributed by atoms with E-state index >= 15 is 0 Å². The number of hydrogen-bond acceptors (Lipinski definition) is 6. The Morgan fingerprint density at radius 1 is 1.09 bits per heavy atom. The third kappa shape index (κ3) is 5.39. The van der Waals surface area contributed by atoms with Crippen LogP contribution in [0.5, 0.6) is 0 Å². The summed E-state index contributed by atoms with van der Waals surface area (Å²) in [6.07, 6.45) is 7.37. The van der Waals surface area contributed by atoms with E-state index in [-0.39, 0.29) is 29.3 Å². The number of carbonyl (C=O) groups excluding carboxylic acids is 3. The Balaban J connectivity index is 1.07. The first-order valence-electron chi connectivity index (χ1n) is 14.6. The van der Waals surface area contributed by atoms with Crippen molar-refractivity contribution in [3.63, 3.8) is 0 Å². The van der Waals surface area contributed by atoms with E-state index in [4.69, 9.17) is 0 Å². The number of carbonyl (C=O) groups is 3. The number of thiophene rings is 1. The molecule has 3 aromatic rings. The van der Waals surface area contributed by atoms with Gasteiger partial charge in [0.05, 0.1) is 4.88 Å². The lowest BCUT2D eigenvalue weighted by Crippen LogP contribution is -2.59. The number of fused-ring (bicyclic) bond motifs is 3. The lowest BCUT2D eigenvalue weighted by atomic mass is 9.92. The van der Waals surface area contributed by atoms with E-state index in [9.17, 15) is 33.1 Å². The summed E-state index contributed by atoms with van der Waals surface area (Å²) in [5.74, 6) is -2.05. The van der Waals surface area contributed by atoms with Crippen LogP contribution in [0.3, 0.4) is 0 Å². The van der Waals surface area contributed by atoms with Gasteiger partial charge in [-0.2, -0.15) is 0 Å². The quantitative estimate of drug-likeness (QED) is 0.352. The van der Waals surface area contributed by atoms with E-state index in [1.807, 2.05) is 23.2 Å². The molecule has 0 bridgehead atoms. The molecule has 0 spiro atoms. The molecule has 4 fully saturated rings. The molecule has 1 aliphatic carbocycles. The van der Waals surface area contributed by atoms with Crippen molar-refractivity contribution in [1.82, 2.24) is 20.1 Å². The van der Waals surface area contributed by atoms with Gasteiger partial charge in [0.1, 0.15) is 12.1 Å². The number of alkyl halides is 1. The van der Waals surface area contributed by atoms with E-state index in [0.717, 1.165) is 36.2 Å². The molecule has 43 heavy (non-hydrogen) atoms. The molecule has 3 N–H and O–H groups in total. The average Bonchev–Trinajstić information content (AvgIpc) is 3.33. The number of aromatic nitrogens is 1. The molecule has 7 rings (SSSR count). The van der Waals surface area contributed by atoms with Crippen LogP contribution in [0.15, 0.2) is 48.8 Å². The van der Waals surface area contributed by atoms with Crippen LogP contribution in [-0.2, 0) is 14.2 Å². The van der Waals surface area contributed by atoms with Crippen LogP contribution in [0.25, 0.3) is 10.1 Å². The molecule has 6 atom stereocenters. The Morgan fingerprint density at radius 3 is 2.63 bits per heavy atom. The molecule has 226 valence electrons. The number of rotatable bonds is 6. The summed E-state index contributed by atoms with van der Waals surface area (Å²) in [5, 5.41) is 3.43. The van der Waals surface area contributed by atoms with Gasteiger partial charge in [-0.3, -0.25) is 23.9 Å². The fraction of sp³-hybridized carbons (Fsp3) is 0.467. The highest BCUT2D eigenvalue weighted by Gasteiger charge is 2.52. The van der Waals surface area contributed by atoms with E-state index in [2.05, 4.69) is 10.3 Å². The summed E-state index contributed by atoms with van der Waals surface area (Å²) in [6, 6.07) is 8.31. The molecule has 10 nitrogen and oxygen atoms in total. The minimum atomic E-state index is -4.97. The van der Waals surface area contributed by atoms with Crippen LogP contribution in [0, 0.1) is 11.8 Å². The second kappa shape index (κ2) is 10.8. The molecular formula is C30H32FN4O6PS. The highest BCUT2D eigenvalue weighted by molar-refractivity contribution is 7.51. The summed E-state index contributed by atoms with van der Waals surface area (Å²) in [4.78, 5) is 67.6. The molecule has 1 aromatic carbocycles. The van der Waals surface area contributed by atoms with Gasteiger partial charge in [0.25, 0.3) is 5.91 Å². The zero-order valence-corrected chi connectivity index (χ0v) is 24.9. The Hall–Kier alpha value is -3.18. The SMILES string of the molecule is O=C(N[C@H]1C[C@H]2C[C@H]2C[C@H]2CC[C@@H](C(=O)N3CC(c4cccnc4)C3)N2C1=O)c1cc2cc([C@H](F)P(=O)(O)O)ccc2s1. The van der Waals surface area contributed by atoms with Gasteiger partial charge in [0, 0.05) is 42.1 Å². The van der Waals surface area contributed by atoms with Gasteiger partial charge >= 0.3 is 7.60 Å². The maximum atomic E-state index is 14.3. The molecule has 0 unspecified atom stereocenters. The molecule has 13 heteroatoms. The molecular weight excluding hydrogens is 594 g/mol. The van der Waals surface area contributed by atoms with E-state index in [1.54, 1.807) is 17.2 Å². The maximum Gasteiger partial charge on any atom is 0.363 e. The van der Waals surface area contributed by atoms with Crippen LogP contribution >= 0.6 is 18.9 Å². The lowest BCUT2D eigenvalue weighted by molar-refractivity contribution is -0.149. The summed E-state index contributed by atoms with van der Waals surface area (Å²) >= 11 is 1.16. The van der Waals surface area contributed by atoms with Crippen molar-refractivity contribution in [2.45, 2.75) is 62.1 Å². The molecule has 3 aliphatic heterocycles. The third-order valence-electron chi connectivity index (χ3n) is 9.51. The minimum absolute atomic E-state index is 0.0167. The molecule has 0 radical (unpaired) electrons. The largest absolute Gasteiger partial charge is 0.363 e. The highest BCUT2D eigenvalue weighted by atomic mass is 32.1. The monoisotopic (exact) mass is 626 g/mol. The Labute approximate surface area is 251 Å². The fourth-order valence-electron chi connectivity index (χ4n) is 7.07. The predicted molar refractivity (Wildman–Crippen MR) is 157 cm³/mol. The Bertz CT molecular complexity index is 1640. The van der Waals surface area contributed by atoms with Crippen LogP contribution in [-0.4, -0.2) is 73.5 Å². The predicted octanol–water partition coefficient (Wildman–Crippen LogP) is 3.96. The van der Waals surface area contributed by atoms with Crippen LogP contribution in [0.2, 0.25) is 0 Å². The van der Waals surface area contributed by atoms with Gasteiger partial charge in [0.2, 0.25) is 17.7 Å². The van der Waals surface area contributed by atoms with Crippen molar-refractivity contribution in [1.29, 1.82) is 0 Å². The molecule has 5 heterocycles. The van der Waals surface area contributed by atoms with Crippen LogP contribution in [0.4, 0.5) is 4.39 Å². The zero-order chi connectivity index (χ0) is 30.0. The van der Waals surface area contributed by atoms with E-state index in [1.165, 1.54) is 18.2 Å². The number of likely N-dealkylation sites (tertiary alicyclic amines) is 1. The minimum Gasteiger partial charge on any atom is -0.340 e.